The summed E-state index contributed by atoms with van der Waals surface area (Å²) < 4.78 is 47.8. The van der Waals surface area contributed by atoms with Gasteiger partial charge in [-0.05, 0) is 12.1 Å². The average molecular weight is 234 g/mol. The van der Waals surface area contributed by atoms with Gasteiger partial charge in [-0.25, -0.2) is 13.2 Å². The third kappa shape index (κ3) is 2.23. The Kier molecular flexibility index (Phi) is 4.03. The molecule has 0 aliphatic rings. The second-order valence-corrected chi connectivity index (χ2v) is 2.89. The molecule has 1 aromatic carbocycles. The number of hydrogen-bond acceptors (Lipinski definition) is 3. The fraction of sp³-hybridized carbons (Fsp3) is 0.300. The van der Waals surface area contributed by atoms with E-state index in [1.165, 1.54) is 14.2 Å². The Labute approximate surface area is 89.8 Å². The van der Waals surface area contributed by atoms with Crippen molar-refractivity contribution in [2.45, 2.75) is 6.29 Å². The molecule has 0 saturated heterocycles. The Morgan fingerprint density at radius 1 is 1.12 bits per heavy atom. The van der Waals surface area contributed by atoms with Gasteiger partial charge < -0.3 is 9.47 Å². The molecule has 3 nitrogen and oxygen atoms in total. The van der Waals surface area contributed by atoms with Crippen molar-refractivity contribution >= 4 is 5.78 Å². The van der Waals surface area contributed by atoms with Crippen LogP contribution in [0.2, 0.25) is 0 Å². The Morgan fingerprint density at radius 3 is 2.19 bits per heavy atom. The first-order valence-electron chi connectivity index (χ1n) is 4.26. The molecule has 1 aromatic rings. The highest BCUT2D eigenvalue weighted by atomic mass is 19.2. The number of methoxy groups -OCH3 is 2. The van der Waals surface area contributed by atoms with E-state index in [0.29, 0.717) is 6.07 Å². The molecular formula is C10H9F3O3. The molecule has 0 radical (unpaired) electrons. The number of carbonyl (C=O) groups is 1. The molecule has 0 aromatic heterocycles. The molecule has 0 bridgehead atoms. The van der Waals surface area contributed by atoms with Crippen molar-refractivity contribution < 1.29 is 27.4 Å². The highest BCUT2D eigenvalue weighted by Crippen LogP contribution is 2.17. The maximum absolute atomic E-state index is 13.2. The van der Waals surface area contributed by atoms with E-state index in [4.69, 9.17) is 0 Å². The summed E-state index contributed by atoms with van der Waals surface area (Å²) in [5, 5.41) is 0. The Morgan fingerprint density at radius 2 is 1.69 bits per heavy atom. The largest absolute Gasteiger partial charge is 0.349 e. The van der Waals surface area contributed by atoms with Gasteiger partial charge in [0.05, 0.1) is 5.56 Å². The summed E-state index contributed by atoms with van der Waals surface area (Å²) in [5.74, 6) is -5.53. The van der Waals surface area contributed by atoms with Crippen molar-refractivity contribution in [2.24, 2.45) is 0 Å². The third-order valence-corrected chi connectivity index (χ3v) is 1.94. The minimum atomic E-state index is -1.70. The number of ketones is 1. The predicted octanol–water partition coefficient (Wildman–Crippen LogP) is 1.91. The van der Waals surface area contributed by atoms with Gasteiger partial charge in [-0.3, -0.25) is 4.79 Å². The molecular weight excluding hydrogens is 225 g/mol. The summed E-state index contributed by atoms with van der Waals surface area (Å²) in [4.78, 5) is 11.5. The summed E-state index contributed by atoms with van der Waals surface area (Å²) in [5.41, 5.74) is -0.618. The van der Waals surface area contributed by atoms with E-state index in [-0.39, 0.29) is 0 Å². The molecule has 0 N–H and O–H groups in total. The molecule has 1 rings (SSSR count). The van der Waals surface area contributed by atoms with E-state index in [9.17, 15) is 18.0 Å². The fourth-order valence-electron chi connectivity index (χ4n) is 1.15. The van der Waals surface area contributed by atoms with Crippen LogP contribution >= 0.6 is 0 Å². The number of rotatable bonds is 4. The van der Waals surface area contributed by atoms with Crippen LogP contribution < -0.4 is 0 Å². The lowest BCUT2D eigenvalue weighted by Crippen LogP contribution is -2.26. The van der Waals surface area contributed by atoms with Crippen molar-refractivity contribution in [2.75, 3.05) is 14.2 Å². The van der Waals surface area contributed by atoms with Crippen LogP contribution in [0.5, 0.6) is 0 Å². The maximum Gasteiger partial charge on any atom is 0.222 e. The minimum Gasteiger partial charge on any atom is -0.349 e. The maximum atomic E-state index is 13.2. The lowest BCUT2D eigenvalue weighted by atomic mass is 10.1. The van der Waals surface area contributed by atoms with Gasteiger partial charge in [0.1, 0.15) is 0 Å². The number of Topliss-reactive ketones (excluding diaryl/α,β-unsaturated/α-hetero) is 1. The van der Waals surface area contributed by atoms with Crippen LogP contribution in [0.4, 0.5) is 13.2 Å². The molecule has 0 aliphatic heterocycles. The van der Waals surface area contributed by atoms with E-state index in [1.54, 1.807) is 0 Å². The zero-order chi connectivity index (χ0) is 12.3. The topological polar surface area (TPSA) is 35.5 Å². The quantitative estimate of drug-likeness (QED) is 0.453. The smallest absolute Gasteiger partial charge is 0.222 e. The fourth-order valence-corrected chi connectivity index (χ4v) is 1.15. The lowest BCUT2D eigenvalue weighted by molar-refractivity contribution is -0.0744. The molecule has 0 atom stereocenters. The van der Waals surface area contributed by atoms with E-state index in [2.05, 4.69) is 9.47 Å². The van der Waals surface area contributed by atoms with Gasteiger partial charge in [0.2, 0.25) is 12.1 Å². The summed E-state index contributed by atoms with van der Waals surface area (Å²) >= 11 is 0. The minimum absolute atomic E-state index is 0.618. The van der Waals surface area contributed by atoms with E-state index in [0.717, 1.165) is 6.07 Å². The van der Waals surface area contributed by atoms with Crippen molar-refractivity contribution in [3.63, 3.8) is 0 Å². The van der Waals surface area contributed by atoms with Gasteiger partial charge in [0.25, 0.3) is 0 Å². The highest BCUT2D eigenvalue weighted by molar-refractivity contribution is 5.98. The highest BCUT2D eigenvalue weighted by Gasteiger charge is 2.25. The van der Waals surface area contributed by atoms with Crippen LogP contribution in [0.25, 0.3) is 0 Å². The van der Waals surface area contributed by atoms with Gasteiger partial charge in [-0.2, -0.15) is 0 Å². The normalized spacial score (nSPS) is 10.9. The molecule has 0 aliphatic carbocycles. The molecule has 6 heteroatoms. The van der Waals surface area contributed by atoms with Crippen LogP contribution in [0.15, 0.2) is 12.1 Å². The van der Waals surface area contributed by atoms with Gasteiger partial charge >= 0.3 is 0 Å². The Hall–Kier alpha value is -1.40. The Bertz CT molecular complexity index is 403. The van der Waals surface area contributed by atoms with Crippen LogP contribution in [0.3, 0.4) is 0 Å². The molecule has 0 unspecified atom stereocenters. The second-order valence-electron chi connectivity index (χ2n) is 2.89. The van der Waals surface area contributed by atoms with Crippen molar-refractivity contribution in [3.05, 3.63) is 35.1 Å². The molecule has 88 valence electrons. The van der Waals surface area contributed by atoms with Crippen molar-refractivity contribution in [1.82, 2.24) is 0 Å². The van der Waals surface area contributed by atoms with Crippen molar-refractivity contribution in [3.8, 4) is 0 Å². The number of hydrogen-bond donors (Lipinski definition) is 0. The summed E-state index contributed by atoms with van der Waals surface area (Å²) in [7, 11) is 2.34. The van der Waals surface area contributed by atoms with Gasteiger partial charge in [0.15, 0.2) is 17.5 Å². The number of ether oxygens (including phenoxy) is 2. The Balaban J connectivity index is 3.14. The third-order valence-electron chi connectivity index (χ3n) is 1.94. The number of benzene rings is 1. The van der Waals surface area contributed by atoms with Crippen LogP contribution in [-0.2, 0) is 9.47 Å². The summed E-state index contributed by atoms with van der Waals surface area (Å²) in [6, 6.07) is 1.50. The lowest BCUT2D eigenvalue weighted by Gasteiger charge is -2.12. The first kappa shape index (κ1) is 12.7. The first-order chi connectivity index (χ1) is 7.52. The van der Waals surface area contributed by atoms with E-state index >= 15 is 0 Å². The zero-order valence-electron chi connectivity index (χ0n) is 8.59. The van der Waals surface area contributed by atoms with E-state index in [1.807, 2.05) is 0 Å². The monoisotopic (exact) mass is 234 g/mol. The predicted molar refractivity (Wildman–Crippen MR) is 48.5 cm³/mol. The number of carbonyl (C=O) groups excluding carboxylic acids is 1. The van der Waals surface area contributed by atoms with Gasteiger partial charge in [-0.1, -0.05) is 0 Å². The first-order valence-corrected chi connectivity index (χ1v) is 4.26. The summed E-state index contributed by atoms with van der Waals surface area (Å²) in [6.07, 6.45) is -1.35. The molecule has 16 heavy (non-hydrogen) atoms. The van der Waals surface area contributed by atoms with Crippen molar-refractivity contribution in [1.29, 1.82) is 0 Å². The van der Waals surface area contributed by atoms with Gasteiger partial charge in [0, 0.05) is 14.2 Å². The van der Waals surface area contributed by atoms with Crippen LogP contribution in [0, 0.1) is 17.5 Å². The standard InChI is InChI=1S/C10H9F3O3/c1-15-10(16-2)9(14)5-3-4-6(11)8(13)7(5)12/h3-4,10H,1-2H3. The molecule has 0 heterocycles. The van der Waals surface area contributed by atoms with Crippen LogP contribution in [-0.4, -0.2) is 26.3 Å². The van der Waals surface area contributed by atoms with Crippen LogP contribution in [0.1, 0.15) is 10.4 Å². The van der Waals surface area contributed by atoms with E-state index < -0.39 is 35.1 Å². The zero-order valence-corrected chi connectivity index (χ0v) is 8.59. The molecule has 0 fully saturated rings. The average Bonchev–Trinajstić information content (AvgIpc) is 2.27. The number of halogens is 3. The molecule has 0 saturated carbocycles. The summed E-state index contributed by atoms with van der Waals surface area (Å²) in [6.45, 7) is 0. The molecule has 0 spiro atoms. The SMILES string of the molecule is COC(OC)C(=O)c1ccc(F)c(F)c1F. The van der Waals surface area contributed by atoms with Gasteiger partial charge in [-0.15, -0.1) is 0 Å². The second kappa shape index (κ2) is 5.09. The molecule has 0 amide bonds.